The molecular weight excluding hydrogens is 1790 g/mol. The molecule has 10 aromatic carbocycles. The van der Waals surface area contributed by atoms with Gasteiger partial charge in [-0.1, -0.05) is 251 Å². The molecule has 21 nitrogen and oxygen atoms in total. The maximum absolute atomic E-state index is 15.1. The molecule has 0 aromatic heterocycles. The summed E-state index contributed by atoms with van der Waals surface area (Å²) in [6.45, 7) is 40.5. The summed E-state index contributed by atoms with van der Waals surface area (Å²) < 4.78 is 69.1. The number of nitrogens with zero attached hydrogens (tertiary/aromatic N) is 3. The van der Waals surface area contributed by atoms with Crippen LogP contribution in [0.4, 0.5) is 11.4 Å². The van der Waals surface area contributed by atoms with Gasteiger partial charge in [-0.3, -0.25) is 18.9 Å². The van der Waals surface area contributed by atoms with Crippen LogP contribution < -0.4 is 45.5 Å². The van der Waals surface area contributed by atoms with Crippen molar-refractivity contribution in [3.8, 4) is 46.7 Å². The Balaban J connectivity index is 0.000000200. The van der Waals surface area contributed by atoms with Crippen LogP contribution in [0.15, 0.2) is 194 Å². The first-order chi connectivity index (χ1) is 66.2. The molecule has 0 fully saturated rings. The molecule has 4 heterocycles. The van der Waals surface area contributed by atoms with Gasteiger partial charge in [0, 0.05) is 93.0 Å². The van der Waals surface area contributed by atoms with E-state index in [1.165, 1.54) is 43.8 Å². The van der Waals surface area contributed by atoms with Crippen molar-refractivity contribution in [2.75, 3.05) is 41.7 Å². The second-order valence-corrected chi connectivity index (χ2v) is 41.1. The highest BCUT2D eigenvalue weighted by Gasteiger charge is 2.39. The van der Waals surface area contributed by atoms with Crippen molar-refractivity contribution < 1.29 is 78.5 Å². The molecule has 0 spiro atoms. The zero-order valence-corrected chi connectivity index (χ0v) is 84.3. The van der Waals surface area contributed by atoms with Crippen molar-refractivity contribution >= 4 is 91.4 Å². The molecule has 0 saturated carbocycles. The van der Waals surface area contributed by atoms with E-state index in [1.807, 2.05) is 165 Å². The van der Waals surface area contributed by atoms with Crippen LogP contribution in [0.1, 0.15) is 302 Å². The average molecular weight is 1910 g/mol. The lowest BCUT2D eigenvalue weighted by molar-refractivity contribution is -0.193. The molecule has 0 radical (unpaired) electrons. The largest absolute Gasteiger partial charge is 0.478 e. The third kappa shape index (κ3) is 25.9. The fourth-order valence-corrected chi connectivity index (χ4v) is 21.5. The number of fused-ring (bicyclic) bond motifs is 12. The zero-order chi connectivity index (χ0) is 101. The number of carbonyl (C=O) groups is 4. The van der Waals surface area contributed by atoms with E-state index in [0.717, 1.165) is 157 Å². The summed E-state index contributed by atoms with van der Waals surface area (Å²) in [5.74, 6) is 16.6. The summed E-state index contributed by atoms with van der Waals surface area (Å²) in [4.78, 5) is 92.8. The van der Waals surface area contributed by atoms with Gasteiger partial charge in [-0.2, -0.15) is 27.6 Å². The van der Waals surface area contributed by atoms with Crippen LogP contribution in [0.5, 0.6) is 23.0 Å². The normalized spacial score (nSPS) is 17.1. The lowest BCUT2D eigenvalue weighted by atomic mass is 9.69. The molecule has 4 aliphatic carbocycles. The van der Waals surface area contributed by atoms with Gasteiger partial charge in [0.05, 0.1) is 35.8 Å². The molecule has 0 bridgehead atoms. The highest BCUT2D eigenvalue weighted by atomic mass is 32.2. The van der Waals surface area contributed by atoms with Crippen molar-refractivity contribution in [1.82, 2.24) is 10.2 Å². The number of hydrogen-bond donors (Lipinski definition) is 3. The number of amides is 3. The van der Waals surface area contributed by atoms with Crippen LogP contribution in [0.3, 0.4) is 0 Å². The molecule has 8 aliphatic rings. The molecule has 4 unspecified atom stereocenters. The summed E-state index contributed by atoms with van der Waals surface area (Å²) in [6, 6.07) is 65.0. The van der Waals surface area contributed by atoms with Gasteiger partial charge in [0.2, 0.25) is 11.8 Å². The Morgan fingerprint density at radius 1 is 0.468 bits per heavy atom. The summed E-state index contributed by atoms with van der Waals surface area (Å²) in [6.07, 6.45) is 13.2. The van der Waals surface area contributed by atoms with E-state index in [9.17, 15) is 27.9 Å². The van der Waals surface area contributed by atoms with Gasteiger partial charge >= 0.3 is 28.9 Å². The summed E-state index contributed by atoms with van der Waals surface area (Å²) in [7, 11) is -7.05. The van der Waals surface area contributed by atoms with Gasteiger partial charge in [-0.05, 0) is 266 Å². The van der Waals surface area contributed by atoms with Crippen molar-refractivity contribution in [2.24, 2.45) is 21.7 Å². The summed E-state index contributed by atoms with van der Waals surface area (Å²) >= 11 is 0. The Hall–Kier alpha value is -13.5. The van der Waals surface area contributed by atoms with E-state index in [2.05, 4.69) is 186 Å². The Kier molecular flexibility index (Phi) is 35.3. The average Bonchev–Trinajstić information content (AvgIpc) is 0.726. The highest BCUT2D eigenvalue weighted by Crippen LogP contribution is 2.51. The van der Waals surface area contributed by atoms with Crippen LogP contribution in [0.25, 0.3) is 23.3 Å². The van der Waals surface area contributed by atoms with E-state index < -0.39 is 26.7 Å². The maximum atomic E-state index is 15.1. The van der Waals surface area contributed by atoms with Crippen molar-refractivity contribution in [3.63, 3.8) is 0 Å². The van der Waals surface area contributed by atoms with Gasteiger partial charge in [0.1, 0.15) is 23.0 Å². The van der Waals surface area contributed by atoms with Crippen LogP contribution in [0.2, 0.25) is 0 Å². The summed E-state index contributed by atoms with van der Waals surface area (Å²) in [5.41, 5.74) is 22.4. The number of ether oxygens (including phenoxy) is 2. The van der Waals surface area contributed by atoms with E-state index in [0.29, 0.717) is 80.5 Å². The Morgan fingerprint density at radius 3 is 1.27 bits per heavy atom. The Bertz CT molecular complexity index is 7060. The number of aromatic carboxylic acids is 1. The topological polar surface area (TPSA) is 303 Å². The van der Waals surface area contributed by atoms with Crippen LogP contribution in [-0.2, 0) is 75.4 Å². The van der Waals surface area contributed by atoms with Crippen molar-refractivity contribution in [2.45, 2.75) is 219 Å². The molecule has 10 aromatic rings. The molecule has 4 atom stereocenters. The van der Waals surface area contributed by atoms with Gasteiger partial charge in [-0.15, -0.1) is 12.6 Å². The molecule has 0 saturated heterocycles. The highest BCUT2D eigenvalue weighted by molar-refractivity contribution is 7.85. The fraction of sp³-hybridized carbons (Fsp3) is 0.362. The van der Waals surface area contributed by atoms with E-state index in [4.69, 9.17) is 45.8 Å². The minimum absolute atomic E-state index is 0.0340. The number of carboxylic acid groups (broad SMARTS) is 1. The molecular formula is C116H126N4O17S2. The third-order valence-electron chi connectivity index (χ3n) is 26.2. The number of carboxylic acids is 1. The third-order valence-corrected chi connectivity index (χ3v) is 27.0. The number of hydrogen-bond acceptors (Lipinski definition) is 16. The van der Waals surface area contributed by atoms with Crippen LogP contribution in [-0.4, -0.2) is 104 Å². The van der Waals surface area contributed by atoms with Gasteiger partial charge in [0.25, 0.3) is 16.0 Å². The van der Waals surface area contributed by atoms with Crippen LogP contribution >= 0.6 is 0 Å². The molecule has 18 rings (SSSR count). The Morgan fingerprint density at radius 2 is 0.842 bits per heavy atom. The molecule has 139 heavy (non-hydrogen) atoms. The quantitative estimate of drug-likeness (QED) is 0.0460. The molecule has 3 amide bonds. The SMILES string of the molecule is CC.CC.CC1CC(C)(C)Cc2cc3c(cc21)C(c1ccccc1C(=O)O)=c1cc2c(cc1O3)=CC(C)(C)CC2C.CCCN(CCC(=O)N1Cc2ccccc2C#Cc2ccccc21)C(=O)c1ccccc1C1=c2cc3c(cc2Oc2cc4c(cc21)C(C)CC(C)(C)C4)=CC(C)(C)CC3C.O=C(CCNCCCS(=O)(=O)O)N1Cc2ccccc2C#Cc2ccccc21.O=C=O.O=C=O.O=S(=O)=O. The number of para-hydroxylation sites is 2. The molecule has 3 N–H and O–H groups in total. The number of rotatable bonds is 16. The first-order valence-corrected chi connectivity index (χ1v) is 50.5. The van der Waals surface area contributed by atoms with Crippen molar-refractivity contribution in [3.05, 3.63) is 315 Å². The van der Waals surface area contributed by atoms with Crippen LogP contribution in [0, 0.1) is 45.3 Å². The van der Waals surface area contributed by atoms with E-state index in [1.54, 1.807) is 17.0 Å². The van der Waals surface area contributed by atoms with Gasteiger partial charge < -0.3 is 34.6 Å². The first-order valence-electron chi connectivity index (χ1n) is 47.9. The van der Waals surface area contributed by atoms with E-state index >= 15 is 4.79 Å². The molecule has 23 heteroatoms. The second kappa shape index (κ2) is 46.3. The monoisotopic (exact) mass is 1910 g/mol. The zero-order valence-electron chi connectivity index (χ0n) is 82.6. The molecule has 4 aliphatic heterocycles. The predicted octanol–water partition coefficient (Wildman–Crippen LogP) is 19.8. The number of nitrogens with one attached hydrogen (secondary N) is 1. The van der Waals surface area contributed by atoms with Gasteiger partial charge in [-0.25, -0.2) is 4.79 Å². The second-order valence-electron chi connectivity index (χ2n) is 39.1. The van der Waals surface area contributed by atoms with E-state index in [-0.39, 0.29) is 70.3 Å². The fourth-order valence-electron chi connectivity index (χ4n) is 21.0. The Labute approximate surface area is 818 Å². The number of carbonyl (C=O) groups excluding carboxylic acids is 7. The lowest BCUT2D eigenvalue weighted by Crippen LogP contribution is -2.38. The lowest BCUT2D eigenvalue weighted by Gasteiger charge is -2.37. The number of benzene rings is 10. The van der Waals surface area contributed by atoms with Crippen molar-refractivity contribution in [1.29, 1.82) is 0 Å². The standard InChI is InChI=1S/C55H56N2O3.C34H36O3.C21H22N2O4S.2C2H6.2CO2.O3S/c1-8-24-56(25-23-51(58)57-34-39-17-10-9-15-37(39)21-22-38-16-11-14-20-48(38)57)53(59)43-19-13-12-18-42(43)52-46-28-44-35(2)30-54(4,5)32-40(44)26-49(46)60-50-27-41-33-55(6,7)31-36(3)45(41)29-47(50)52;1-19-15-33(3,4)17-21-11-29-27(13-25(19)21)31(23-9-7-8-10-24(23)32(35)36)28-14-26-20(2)16-34(5,6)18-22(26)12-30(28)37-29;24-21(12-14-22-13-5-15-28(25,26)27)23-16-19-8-2-1-6-17(19)10-11-18-7-3-4-9-20(18)23;2*1-2;2*2-1-3;1-4(2)3/h9-20,26-29,32,35-36H,8,23-25,30-31,33-34H2,1-7H3;7-14,17,19-20H,15-16,18H2,1-6H3,(H,35,36);1-4,6-9,22H,5,12-16H2,(H,25,26,27);2*1-2H3;;;. The predicted molar refractivity (Wildman–Crippen MR) is 543 cm³/mol. The smallest absolute Gasteiger partial charge is 0.425 e. The maximum Gasteiger partial charge on any atom is 0.425 e. The molecule has 724 valence electrons. The minimum atomic E-state index is -3.94. The van der Waals surface area contributed by atoms with Gasteiger partial charge in [0.15, 0.2) is 0 Å². The number of anilines is 2. The minimum Gasteiger partial charge on any atom is -0.478 e. The summed E-state index contributed by atoms with van der Waals surface area (Å²) in [5, 5.41) is 17.7. The first kappa shape index (κ1) is 106.